The van der Waals surface area contributed by atoms with E-state index in [0.717, 1.165) is 10.5 Å². The summed E-state index contributed by atoms with van der Waals surface area (Å²) in [5.41, 5.74) is 1.49. The fraction of sp³-hybridized carbons (Fsp3) is 0.421. The van der Waals surface area contributed by atoms with Gasteiger partial charge in [-0.1, -0.05) is 18.2 Å². The Morgan fingerprint density at radius 1 is 1.20 bits per heavy atom. The van der Waals surface area contributed by atoms with Crippen LogP contribution in [0.2, 0.25) is 0 Å². The maximum Gasteiger partial charge on any atom is 0.247 e. The second-order valence-electron chi connectivity index (χ2n) is 6.57. The molecule has 1 aromatic rings. The van der Waals surface area contributed by atoms with Crippen LogP contribution in [0.25, 0.3) is 0 Å². The van der Waals surface area contributed by atoms with Gasteiger partial charge in [0.05, 0.1) is 24.6 Å². The monoisotopic (exact) mass is 342 g/mol. The van der Waals surface area contributed by atoms with E-state index in [9.17, 15) is 14.4 Å². The molecule has 3 atom stereocenters. The Labute approximate surface area is 146 Å². The van der Waals surface area contributed by atoms with Gasteiger partial charge < -0.3 is 10.1 Å². The number of benzene rings is 1. The molecule has 6 nitrogen and oxygen atoms in total. The van der Waals surface area contributed by atoms with Crippen LogP contribution in [0.5, 0.6) is 5.75 Å². The first kappa shape index (κ1) is 17.2. The molecule has 0 spiro atoms. The van der Waals surface area contributed by atoms with E-state index in [1.54, 1.807) is 19.1 Å². The van der Waals surface area contributed by atoms with Crippen LogP contribution in [0.3, 0.4) is 0 Å². The summed E-state index contributed by atoms with van der Waals surface area (Å²) in [5, 5.41) is 2.78. The zero-order chi connectivity index (χ0) is 18.1. The third-order valence-corrected chi connectivity index (χ3v) is 4.92. The van der Waals surface area contributed by atoms with Gasteiger partial charge in [0.1, 0.15) is 11.8 Å². The zero-order valence-corrected chi connectivity index (χ0v) is 14.6. The van der Waals surface area contributed by atoms with Crippen molar-refractivity contribution in [1.82, 2.24) is 4.90 Å². The molecule has 1 fully saturated rings. The van der Waals surface area contributed by atoms with Gasteiger partial charge in [0, 0.05) is 0 Å². The van der Waals surface area contributed by atoms with Crippen molar-refractivity contribution in [3.63, 3.8) is 0 Å². The van der Waals surface area contributed by atoms with E-state index in [0.29, 0.717) is 24.3 Å². The summed E-state index contributed by atoms with van der Waals surface area (Å²) in [4.78, 5) is 39.0. The summed E-state index contributed by atoms with van der Waals surface area (Å²) < 4.78 is 5.26. The Bertz CT molecular complexity index is 730. The lowest BCUT2D eigenvalue weighted by Gasteiger charge is -2.23. The van der Waals surface area contributed by atoms with E-state index in [2.05, 4.69) is 5.32 Å². The van der Waals surface area contributed by atoms with Gasteiger partial charge >= 0.3 is 0 Å². The number of rotatable bonds is 4. The number of carbonyl (C=O) groups is 3. The number of ether oxygens (including phenoxy) is 1. The number of nitrogens with one attached hydrogen (secondary N) is 1. The van der Waals surface area contributed by atoms with Crippen molar-refractivity contribution in [1.29, 1.82) is 0 Å². The molecule has 1 N–H and O–H groups in total. The third kappa shape index (κ3) is 3.04. The first-order valence-electron chi connectivity index (χ1n) is 8.41. The minimum absolute atomic E-state index is 0.252. The predicted molar refractivity (Wildman–Crippen MR) is 93.0 cm³/mol. The van der Waals surface area contributed by atoms with Crippen LogP contribution in [-0.4, -0.2) is 35.8 Å². The van der Waals surface area contributed by atoms with Crippen LogP contribution in [-0.2, 0) is 14.4 Å². The summed E-state index contributed by atoms with van der Waals surface area (Å²) in [6.45, 7) is 3.49. The highest BCUT2D eigenvalue weighted by molar-refractivity contribution is 6.10. The normalized spacial score (nSPS) is 23.4. The fourth-order valence-electron chi connectivity index (χ4n) is 3.48. The maximum atomic E-state index is 12.6. The molecule has 0 bridgehead atoms. The van der Waals surface area contributed by atoms with Gasteiger partial charge in [0.2, 0.25) is 17.7 Å². The average molecular weight is 342 g/mol. The highest BCUT2D eigenvalue weighted by atomic mass is 16.5. The quantitative estimate of drug-likeness (QED) is 0.673. The smallest absolute Gasteiger partial charge is 0.247 e. The summed E-state index contributed by atoms with van der Waals surface area (Å²) in [6.07, 6.45) is 4.98. The number of anilines is 1. The molecule has 1 heterocycles. The van der Waals surface area contributed by atoms with Crippen molar-refractivity contribution in [3.8, 4) is 5.75 Å². The lowest BCUT2D eigenvalue weighted by atomic mass is 9.85. The van der Waals surface area contributed by atoms with E-state index in [4.69, 9.17) is 4.74 Å². The summed E-state index contributed by atoms with van der Waals surface area (Å²) in [7, 11) is 1.52. The molecule has 132 valence electrons. The van der Waals surface area contributed by atoms with Crippen LogP contribution >= 0.6 is 0 Å². The SMILES string of the molecule is COc1ccc(C)cc1NC(=O)[C@H](C)N1C(=O)[C@H]2CC=CC[C@H]2C1=O. The molecule has 3 rings (SSSR count). The van der Waals surface area contributed by atoms with E-state index < -0.39 is 11.9 Å². The van der Waals surface area contributed by atoms with Crippen LogP contribution < -0.4 is 10.1 Å². The third-order valence-electron chi connectivity index (χ3n) is 4.92. The van der Waals surface area contributed by atoms with E-state index >= 15 is 0 Å². The highest BCUT2D eigenvalue weighted by Gasteiger charge is 2.50. The molecule has 1 aliphatic carbocycles. The van der Waals surface area contributed by atoms with Crippen molar-refractivity contribution < 1.29 is 19.1 Å². The number of hydrogen-bond donors (Lipinski definition) is 1. The Morgan fingerprint density at radius 2 is 1.80 bits per heavy atom. The van der Waals surface area contributed by atoms with E-state index in [-0.39, 0.29) is 23.7 Å². The maximum absolute atomic E-state index is 12.6. The minimum Gasteiger partial charge on any atom is -0.495 e. The second kappa shape index (κ2) is 6.70. The van der Waals surface area contributed by atoms with Crippen molar-refractivity contribution in [2.24, 2.45) is 11.8 Å². The molecular weight excluding hydrogens is 320 g/mol. The molecule has 2 aliphatic rings. The first-order chi connectivity index (χ1) is 11.9. The minimum atomic E-state index is -0.865. The Kier molecular flexibility index (Phi) is 4.61. The van der Waals surface area contributed by atoms with Crippen molar-refractivity contribution in [2.75, 3.05) is 12.4 Å². The van der Waals surface area contributed by atoms with E-state index in [1.165, 1.54) is 7.11 Å². The number of fused-ring (bicyclic) bond motifs is 1. The number of hydrogen-bond acceptors (Lipinski definition) is 4. The Morgan fingerprint density at radius 3 is 2.36 bits per heavy atom. The average Bonchev–Trinajstić information content (AvgIpc) is 2.86. The van der Waals surface area contributed by atoms with Crippen molar-refractivity contribution >= 4 is 23.4 Å². The van der Waals surface area contributed by atoms with Gasteiger partial charge in [-0.3, -0.25) is 19.3 Å². The molecule has 3 amide bonds. The summed E-state index contributed by atoms with van der Waals surface area (Å²) in [5.74, 6) is -1.04. The zero-order valence-electron chi connectivity index (χ0n) is 14.6. The van der Waals surface area contributed by atoms with Crippen molar-refractivity contribution in [3.05, 3.63) is 35.9 Å². The summed E-state index contributed by atoms with van der Waals surface area (Å²) in [6, 6.07) is 4.57. The van der Waals surface area contributed by atoms with Crippen LogP contribution in [0.4, 0.5) is 5.69 Å². The molecule has 1 saturated heterocycles. The molecular formula is C19H22N2O4. The van der Waals surface area contributed by atoms with Gasteiger partial charge in [-0.05, 0) is 44.4 Å². The Hall–Kier alpha value is -2.63. The van der Waals surface area contributed by atoms with Gasteiger partial charge in [0.25, 0.3) is 0 Å². The molecule has 6 heteroatoms. The highest BCUT2D eigenvalue weighted by Crippen LogP contribution is 2.36. The van der Waals surface area contributed by atoms with Crippen LogP contribution in [0.1, 0.15) is 25.3 Å². The molecule has 0 aromatic heterocycles. The topological polar surface area (TPSA) is 75.7 Å². The van der Waals surface area contributed by atoms with Gasteiger partial charge in [-0.25, -0.2) is 0 Å². The first-order valence-corrected chi connectivity index (χ1v) is 8.41. The predicted octanol–water partition coefficient (Wildman–Crippen LogP) is 2.28. The van der Waals surface area contributed by atoms with Gasteiger partial charge in [-0.2, -0.15) is 0 Å². The number of nitrogens with zero attached hydrogens (tertiary/aromatic N) is 1. The molecule has 1 aromatic carbocycles. The lowest BCUT2D eigenvalue weighted by molar-refractivity contribution is -0.146. The molecule has 1 aliphatic heterocycles. The van der Waals surface area contributed by atoms with Crippen molar-refractivity contribution in [2.45, 2.75) is 32.7 Å². The van der Waals surface area contributed by atoms with Crippen LogP contribution in [0.15, 0.2) is 30.4 Å². The molecule has 0 unspecified atom stereocenters. The Balaban J connectivity index is 1.78. The van der Waals surface area contributed by atoms with Gasteiger partial charge in [-0.15, -0.1) is 0 Å². The number of amides is 3. The number of carbonyl (C=O) groups excluding carboxylic acids is 3. The fourth-order valence-corrected chi connectivity index (χ4v) is 3.48. The standard InChI is InChI=1S/C19H22N2O4/c1-11-8-9-16(25-3)15(10-11)20-17(22)12(2)21-18(23)13-6-4-5-7-14(13)19(21)24/h4-5,8-10,12-14H,6-7H2,1-3H3,(H,20,22)/t12-,13-,14+/m0/s1. The summed E-state index contributed by atoms with van der Waals surface area (Å²) >= 11 is 0. The number of methoxy groups -OCH3 is 1. The second-order valence-corrected chi connectivity index (χ2v) is 6.57. The molecule has 0 radical (unpaired) electrons. The molecule has 25 heavy (non-hydrogen) atoms. The number of allylic oxidation sites excluding steroid dienone is 2. The van der Waals surface area contributed by atoms with Crippen LogP contribution in [0, 0.1) is 18.8 Å². The number of aryl methyl sites for hydroxylation is 1. The number of imide groups is 1. The number of likely N-dealkylation sites (tertiary alicyclic amines) is 1. The van der Waals surface area contributed by atoms with Gasteiger partial charge in [0.15, 0.2) is 0 Å². The largest absolute Gasteiger partial charge is 0.495 e. The molecule has 0 saturated carbocycles. The lowest BCUT2D eigenvalue weighted by Crippen LogP contribution is -2.46. The van der Waals surface area contributed by atoms with E-state index in [1.807, 2.05) is 25.1 Å².